The van der Waals surface area contributed by atoms with E-state index in [1.807, 2.05) is 17.9 Å². The van der Waals surface area contributed by atoms with E-state index in [0.717, 1.165) is 30.0 Å². The summed E-state index contributed by atoms with van der Waals surface area (Å²) >= 11 is 5.16. The molecule has 6 heteroatoms. The van der Waals surface area contributed by atoms with Crippen LogP contribution < -0.4 is 5.32 Å². The van der Waals surface area contributed by atoms with Crippen molar-refractivity contribution in [1.29, 1.82) is 0 Å². The Bertz CT molecular complexity index is 451. The number of piperazine rings is 1. The van der Waals surface area contributed by atoms with Crippen LogP contribution in [-0.2, 0) is 11.3 Å². The lowest BCUT2D eigenvalue weighted by Gasteiger charge is -2.32. The lowest BCUT2D eigenvalue weighted by molar-refractivity contribution is -0.133. The topological polar surface area (TPSA) is 35.6 Å². The summed E-state index contributed by atoms with van der Waals surface area (Å²) < 4.78 is 1.12. The third-order valence-electron chi connectivity index (χ3n) is 3.52. The van der Waals surface area contributed by atoms with E-state index >= 15 is 0 Å². The minimum absolute atomic E-state index is 0.228. The van der Waals surface area contributed by atoms with Gasteiger partial charge in [0, 0.05) is 37.1 Å². The van der Waals surface area contributed by atoms with Gasteiger partial charge in [0.25, 0.3) is 0 Å². The van der Waals surface area contributed by atoms with E-state index in [9.17, 15) is 4.79 Å². The van der Waals surface area contributed by atoms with Crippen LogP contribution in [0.4, 0.5) is 0 Å². The normalized spacial score (nSPS) is 20.1. The molecule has 0 bridgehead atoms. The van der Waals surface area contributed by atoms with E-state index in [4.69, 9.17) is 0 Å². The third-order valence-corrected chi connectivity index (χ3v) is 5.13. The quantitative estimate of drug-likeness (QED) is 0.874. The number of rotatable bonds is 5. The Morgan fingerprint density at radius 1 is 1.60 bits per heavy atom. The van der Waals surface area contributed by atoms with Crippen LogP contribution in [0.1, 0.15) is 18.7 Å². The Labute approximate surface area is 133 Å². The van der Waals surface area contributed by atoms with Crippen LogP contribution in [0.2, 0.25) is 0 Å². The van der Waals surface area contributed by atoms with Gasteiger partial charge in [-0.05, 0) is 41.9 Å². The van der Waals surface area contributed by atoms with Crippen LogP contribution in [0, 0.1) is 0 Å². The Hall–Kier alpha value is -0.430. The van der Waals surface area contributed by atoms with Gasteiger partial charge in [0.15, 0.2) is 0 Å². The van der Waals surface area contributed by atoms with Gasteiger partial charge in [0.2, 0.25) is 5.91 Å². The van der Waals surface area contributed by atoms with Crippen LogP contribution in [-0.4, -0.2) is 54.5 Å². The zero-order chi connectivity index (χ0) is 14.5. The maximum atomic E-state index is 12.4. The summed E-state index contributed by atoms with van der Waals surface area (Å²) in [6.07, 6.45) is 0. The Morgan fingerprint density at radius 2 is 2.40 bits per heavy atom. The number of halogens is 1. The molecule has 2 rings (SSSR count). The van der Waals surface area contributed by atoms with Crippen molar-refractivity contribution in [1.82, 2.24) is 15.1 Å². The van der Waals surface area contributed by atoms with E-state index in [-0.39, 0.29) is 5.91 Å². The average molecular weight is 360 g/mol. The van der Waals surface area contributed by atoms with Crippen LogP contribution in [0.5, 0.6) is 0 Å². The molecular formula is C14H22BrN3OS. The molecule has 0 unspecified atom stereocenters. The van der Waals surface area contributed by atoms with Gasteiger partial charge in [-0.25, -0.2) is 0 Å². The molecule has 1 amide bonds. The zero-order valence-corrected chi connectivity index (χ0v) is 14.5. The highest BCUT2D eigenvalue weighted by Crippen LogP contribution is 2.23. The Balaban J connectivity index is 1.88. The van der Waals surface area contributed by atoms with Gasteiger partial charge in [-0.15, -0.1) is 11.3 Å². The second kappa shape index (κ2) is 7.54. The van der Waals surface area contributed by atoms with Crippen LogP contribution in [0.3, 0.4) is 0 Å². The third kappa shape index (κ3) is 4.55. The molecule has 0 radical (unpaired) electrons. The van der Waals surface area contributed by atoms with Gasteiger partial charge in [0.05, 0.1) is 16.9 Å². The standard InChI is InChI=1S/C14H22BrN3OS/c1-3-18(9-12-4-5-13(15)20-12)14(19)10-17-7-6-16-11(2)8-17/h4-5,11,16H,3,6-10H2,1-2H3/t11-/m0/s1. The predicted molar refractivity (Wildman–Crippen MR) is 87.0 cm³/mol. The van der Waals surface area contributed by atoms with E-state index in [1.54, 1.807) is 11.3 Å². The monoisotopic (exact) mass is 359 g/mol. The molecule has 1 aliphatic rings. The maximum Gasteiger partial charge on any atom is 0.237 e. The first-order chi connectivity index (χ1) is 9.58. The summed E-state index contributed by atoms with van der Waals surface area (Å²) in [5, 5.41) is 3.40. The summed E-state index contributed by atoms with van der Waals surface area (Å²) in [4.78, 5) is 17.8. The van der Waals surface area contributed by atoms with Crippen molar-refractivity contribution < 1.29 is 4.79 Å². The summed E-state index contributed by atoms with van der Waals surface area (Å²) in [6, 6.07) is 4.59. The zero-order valence-electron chi connectivity index (χ0n) is 12.1. The molecule has 0 saturated carbocycles. The molecule has 1 aromatic rings. The number of thiophene rings is 1. The fourth-order valence-electron chi connectivity index (χ4n) is 2.45. The molecule has 1 aliphatic heterocycles. The van der Waals surface area contributed by atoms with Crippen molar-refractivity contribution in [3.05, 3.63) is 20.8 Å². The number of hydrogen-bond donors (Lipinski definition) is 1. The van der Waals surface area contributed by atoms with Gasteiger partial charge < -0.3 is 10.2 Å². The molecule has 20 heavy (non-hydrogen) atoms. The molecule has 4 nitrogen and oxygen atoms in total. The Kier molecular flexibility index (Phi) is 6.01. The van der Waals surface area contributed by atoms with Gasteiger partial charge >= 0.3 is 0 Å². The van der Waals surface area contributed by atoms with E-state index in [0.29, 0.717) is 19.1 Å². The minimum Gasteiger partial charge on any atom is -0.337 e. The van der Waals surface area contributed by atoms with Crippen LogP contribution in [0.25, 0.3) is 0 Å². The molecular weight excluding hydrogens is 338 g/mol. The highest BCUT2D eigenvalue weighted by molar-refractivity contribution is 9.11. The van der Waals surface area contributed by atoms with Gasteiger partial charge in [-0.3, -0.25) is 9.69 Å². The minimum atomic E-state index is 0.228. The maximum absolute atomic E-state index is 12.4. The highest BCUT2D eigenvalue weighted by Gasteiger charge is 2.21. The molecule has 112 valence electrons. The molecule has 0 aliphatic carbocycles. The first-order valence-electron chi connectivity index (χ1n) is 7.06. The van der Waals surface area contributed by atoms with Gasteiger partial charge in [-0.2, -0.15) is 0 Å². The molecule has 0 spiro atoms. The fourth-order valence-corrected chi connectivity index (χ4v) is 3.95. The summed E-state index contributed by atoms with van der Waals surface area (Å²) in [6.45, 7) is 9.10. The molecule has 1 aromatic heterocycles. The van der Waals surface area contributed by atoms with Crippen LogP contribution in [0.15, 0.2) is 15.9 Å². The van der Waals surface area contributed by atoms with Crippen molar-refractivity contribution in [2.45, 2.75) is 26.4 Å². The lowest BCUT2D eigenvalue weighted by atomic mass is 10.2. The van der Waals surface area contributed by atoms with Crippen molar-refractivity contribution in [2.24, 2.45) is 0 Å². The molecule has 0 aromatic carbocycles. The van der Waals surface area contributed by atoms with E-state index < -0.39 is 0 Å². The Morgan fingerprint density at radius 3 is 3.00 bits per heavy atom. The summed E-state index contributed by atoms with van der Waals surface area (Å²) in [7, 11) is 0. The van der Waals surface area contributed by atoms with Crippen molar-refractivity contribution in [3.8, 4) is 0 Å². The summed E-state index contributed by atoms with van der Waals surface area (Å²) in [5.41, 5.74) is 0. The molecule has 1 fully saturated rings. The SMILES string of the molecule is CCN(Cc1ccc(Br)s1)C(=O)CN1CCN[C@@H](C)C1. The summed E-state index contributed by atoms with van der Waals surface area (Å²) in [5.74, 6) is 0.228. The predicted octanol–water partition coefficient (Wildman–Crippen LogP) is 2.15. The number of carbonyl (C=O) groups is 1. The molecule has 1 atom stereocenters. The second-order valence-electron chi connectivity index (χ2n) is 5.20. The number of nitrogens with zero attached hydrogens (tertiary/aromatic N) is 2. The first kappa shape index (κ1) is 15.9. The molecule has 2 heterocycles. The largest absolute Gasteiger partial charge is 0.337 e. The molecule has 1 N–H and O–H groups in total. The molecule has 1 saturated heterocycles. The van der Waals surface area contributed by atoms with Crippen molar-refractivity contribution in [2.75, 3.05) is 32.7 Å². The smallest absolute Gasteiger partial charge is 0.237 e. The number of nitrogens with one attached hydrogen (secondary N) is 1. The van der Waals surface area contributed by atoms with E-state index in [1.165, 1.54) is 4.88 Å². The highest BCUT2D eigenvalue weighted by atomic mass is 79.9. The van der Waals surface area contributed by atoms with Gasteiger partial charge in [0.1, 0.15) is 0 Å². The number of likely N-dealkylation sites (N-methyl/N-ethyl adjacent to an activating group) is 1. The number of hydrogen-bond acceptors (Lipinski definition) is 4. The van der Waals surface area contributed by atoms with Gasteiger partial charge in [-0.1, -0.05) is 0 Å². The van der Waals surface area contributed by atoms with E-state index in [2.05, 4.69) is 39.1 Å². The van der Waals surface area contributed by atoms with Crippen molar-refractivity contribution in [3.63, 3.8) is 0 Å². The van der Waals surface area contributed by atoms with Crippen molar-refractivity contribution >= 4 is 33.2 Å². The first-order valence-corrected chi connectivity index (χ1v) is 8.67. The second-order valence-corrected chi connectivity index (χ2v) is 7.75. The fraction of sp³-hybridized carbons (Fsp3) is 0.643. The number of carbonyl (C=O) groups excluding carboxylic acids is 1. The van der Waals surface area contributed by atoms with Crippen LogP contribution >= 0.6 is 27.3 Å². The lowest BCUT2D eigenvalue weighted by Crippen LogP contribution is -2.52. The average Bonchev–Trinajstić information content (AvgIpc) is 2.81. The number of amides is 1.